The molecule has 0 saturated carbocycles. The zero-order valence-electron chi connectivity index (χ0n) is 9.96. The van der Waals surface area contributed by atoms with Crippen molar-refractivity contribution in [1.82, 2.24) is 0 Å². The molecule has 0 spiro atoms. The van der Waals surface area contributed by atoms with Gasteiger partial charge in [0.25, 0.3) is 0 Å². The first-order chi connectivity index (χ1) is 8.92. The molecule has 1 aliphatic heterocycles. The summed E-state index contributed by atoms with van der Waals surface area (Å²) < 4.78 is 10.7. The summed E-state index contributed by atoms with van der Waals surface area (Å²) in [7, 11) is 0. The third-order valence-corrected chi connectivity index (χ3v) is 3.85. The van der Waals surface area contributed by atoms with Crippen molar-refractivity contribution >= 4 is 11.8 Å². The van der Waals surface area contributed by atoms with E-state index in [1.807, 2.05) is 23.9 Å². The fourth-order valence-electron chi connectivity index (χ4n) is 1.90. The van der Waals surface area contributed by atoms with Crippen molar-refractivity contribution in [3.63, 3.8) is 0 Å². The van der Waals surface area contributed by atoms with Gasteiger partial charge in [0, 0.05) is 10.6 Å². The van der Waals surface area contributed by atoms with Crippen molar-refractivity contribution in [1.29, 1.82) is 0 Å². The number of rotatable bonds is 4. The van der Waals surface area contributed by atoms with Crippen LogP contribution < -0.4 is 9.47 Å². The lowest BCUT2D eigenvalue weighted by Gasteiger charge is -2.03. The Morgan fingerprint density at radius 3 is 2.67 bits per heavy atom. The summed E-state index contributed by atoms with van der Waals surface area (Å²) >= 11 is 1.88. The largest absolute Gasteiger partial charge is 0.454 e. The lowest BCUT2D eigenvalue weighted by molar-refractivity contribution is 0.174. The Morgan fingerprint density at radius 2 is 1.78 bits per heavy atom. The van der Waals surface area contributed by atoms with E-state index in [4.69, 9.17) is 9.47 Å². The molecule has 1 aliphatic rings. The topological polar surface area (TPSA) is 18.5 Å². The minimum absolute atomic E-state index is 0.345. The molecule has 0 bridgehead atoms. The first-order valence-corrected chi connectivity index (χ1v) is 6.97. The monoisotopic (exact) mass is 258 g/mol. The maximum Gasteiger partial charge on any atom is 0.231 e. The summed E-state index contributed by atoms with van der Waals surface area (Å²) in [6.45, 7) is 0.345. The molecule has 2 nitrogen and oxygen atoms in total. The van der Waals surface area contributed by atoms with Gasteiger partial charge in [-0.3, -0.25) is 0 Å². The van der Waals surface area contributed by atoms with Crippen molar-refractivity contribution in [2.75, 3.05) is 12.5 Å². The van der Waals surface area contributed by atoms with Crippen LogP contribution in [0, 0.1) is 0 Å². The standard InChI is InChI=1S/C15H14O2S/c1-2-4-13(5-3-1)18-9-8-12-6-7-14-15(10-12)17-11-16-14/h1-7,10H,8-9,11H2. The van der Waals surface area contributed by atoms with Crippen LogP contribution in [0.15, 0.2) is 53.4 Å². The van der Waals surface area contributed by atoms with Gasteiger partial charge in [-0.15, -0.1) is 11.8 Å². The fraction of sp³-hybridized carbons (Fsp3) is 0.200. The van der Waals surface area contributed by atoms with Gasteiger partial charge >= 0.3 is 0 Å². The van der Waals surface area contributed by atoms with Crippen molar-refractivity contribution in [2.24, 2.45) is 0 Å². The van der Waals surface area contributed by atoms with Crippen LogP contribution in [0.3, 0.4) is 0 Å². The summed E-state index contributed by atoms with van der Waals surface area (Å²) in [5.74, 6) is 2.80. The van der Waals surface area contributed by atoms with Gasteiger partial charge < -0.3 is 9.47 Å². The average Bonchev–Trinajstić information content (AvgIpc) is 2.87. The first kappa shape index (κ1) is 11.5. The summed E-state index contributed by atoms with van der Waals surface area (Å²) in [4.78, 5) is 1.32. The Kier molecular flexibility index (Phi) is 3.42. The second kappa shape index (κ2) is 5.36. The van der Waals surface area contributed by atoms with Crippen LogP contribution in [0.4, 0.5) is 0 Å². The molecule has 0 atom stereocenters. The normalized spacial score (nSPS) is 12.7. The lowest BCUT2D eigenvalue weighted by Crippen LogP contribution is -1.93. The quantitative estimate of drug-likeness (QED) is 0.778. The highest BCUT2D eigenvalue weighted by molar-refractivity contribution is 7.99. The molecule has 0 N–H and O–H groups in total. The fourth-order valence-corrected chi connectivity index (χ4v) is 2.82. The minimum atomic E-state index is 0.345. The van der Waals surface area contributed by atoms with E-state index < -0.39 is 0 Å². The summed E-state index contributed by atoms with van der Waals surface area (Å²) in [6.07, 6.45) is 1.04. The summed E-state index contributed by atoms with van der Waals surface area (Å²) in [5, 5.41) is 0. The first-order valence-electron chi connectivity index (χ1n) is 5.98. The van der Waals surface area contributed by atoms with Crippen molar-refractivity contribution in [2.45, 2.75) is 11.3 Å². The van der Waals surface area contributed by atoms with Gasteiger partial charge in [-0.05, 0) is 36.2 Å². The van der Waals surface area contributed by atoms with Crippen molar-refractivity contribution in [3.8, 4) is 11.5 Å². The zero-order chi connectivity index (χ0) is 12.2. The van der Waals surface area contributed by atoms with Crippen LogP contribution in [-0.4, -0.2) is 12.5 Å². The second-order valence-corrected chi connectivity index (χ2v) is 5.27. The second-order valence-electron chi connectivity index (χ2n) is 4.10. The number of aryl methyl sites for hydroxylation is 1. The molecule has 3 heteroatoms. The molecular weight excluding hydrogens is 244 g/mol. The Labute approximate surface area is 111 Å². The van der Waals surface area contributed by atoms with Gasteiger partial charge in [0.2, 0.25) is 6.79 Å². The Bertz CT molecular complexity index is 525. The smallest absolute Gasteiger partial charge is 0.231 e. The number of thioether (sulfide) groups is 1. The van der Waals surface area contributed by atoms with Crippen LogP contribution >= 0.6 is 11.8 Å². The average molecular weight is 258 g/mol. The van der Waals surface area contributed by atoms with Crippen molar-refractivity contribution < 1.29 is 9.47 Å². The zero-order valence-corrected chi connectivity index (χ0v) is 10.8. The van der Waals surface area contributed by atoms with E-state index in [9.17, 15) is 0 Å². The molecule has 0 amide bonds. The predicted molar refractivity (Wildman–Crippen MR) is 73.4 cm³/mol. The number of benzene rings is 2. The Morgan fingerprint density at radius 1 is 0.944 bits per heavy atom. The van der Waals surface area contributed by atoms with Crippen LogP contribution in [0.25, 0.3) is 0 Å². The molecule has 18 heavy (non-hydrogen) atoms. The van der Waals surface area contributed by atoms with E-state index >= 15 is 0 Å². The summed E-state index contributed by atoms with van der Waals surface area (Å²) in [5.41, 5.74) is 1.29. The van der Waals surface area contributed by atoms with E-state index in [0.717, 1.165) is 23.7 Å². The van der Waals surface area contributed by atoms with Crippen LogP contribution in [0.1, 0.15) is 5.56 Å². The van der Waals surface area contributed by atoms with E-state index in [1.54, 1.807) is 0 Å². The van der Waals surface area contributed by atoms with Crippen LogP contribution in [0.2, 0.25) is 0 Å². The molecule has 1 heterocycles. The molecule has 0 radical (unpaired) electrons. The van der Waals surface area contributed by atoms with Gasteiger partial charge in [0.05, 0.1) is 0 Å². The Balaban J connectivity index is 1.57. The Hall–Kier alpha value is -1.61. The molecule has 2 aromatic rings. The number of hydrogen-bond acceptors (Lipinski definition) is 3. The minimum Gasteiger partial charge on any atom is -0.454 e. The lowest BCUT2D eigenvalue weighted by atomic mass is 10.1. The number of hydrogen-bond donors (Lipinski definition) is 0. The molecule has 2 aromatic carbocycles. The molecule has 0 aromatic heterocycles. The van der Waals surface area contributed by atoms with Crippen LogP contribution in [-0.2, 0) is 6.42 Å². The van der Waals surface area contributed by atoms with E-state index in [-0.39, 0.29) is 0 Å². The van der Waals surface area contributed by atoms with Crippen LogP contribution in [0.5, 0.6) is 11.5 Å². The van der Waals surface area contributed by atoms with E-state index in [2.05, 4.69) is 36.4 Å². The molecule has 0 aliphatic carbocycles. The van der Waals surface area contributed by atoms with Gasteiger partial charge in [-0.25, -0.2) is 0 Å². The molecule has 0 saturated heterocycles. The molecule has 0 fully saturated rings. The van der Waals surface area contributed by atoms with Gasteiger partial charge in [-0.2, -0.15) is 0 Å². The third kappa shape index (κ3) is 2.62. The maximum atomic E-state index is 5.37. The predicted octanol–water partition coefficient (Wildman–Crippen LogP) is 3.75. The number of fused-ring (bicyclic) bond motifs is 1. The third-order valence-electron chi connectivity index (χ3n) is 2.84. The molecular formula is C15H14O2S. The SMILES string of the molecule is c1ccc(SCCc2ccc3c(c2)OCO3)cc1. The highest BCUT2D eigenvalue weighted by atomic mass is 32.2. The van der Waals surface area contributed by atoms with Crippen molar-refractivity contribution in [3.05, 3.63) is 54.1 Å². The highest BCUT2D eigenvalue weighted by Crippen LogP contribution is 2.33. The molecule has 3 rings (SSSR count). The molecule has 92 valence electrons. The van der Waals surface area contributed by atoms with Gasteiger partial charge in [0.15, 0.2) is 11.5 Å². The van der Waals surface area contributed by atoms with E-state index in [1.165, 1.54) is 10.5 Å². The highest BCUT2D eigenvalue weighted by Gasteiger charge is 2.12. The molecule has 0 unspecified atom stereocenters. The van der Waals surface area contributed by atoms with Gasteiger partial charge in [-0.1, -0.05) is 24.3 Å². The van der Waals surface area contributed by atoms with E-state index in [0.29, 0.717) is 6.79 Å². The van der Waals surface area contributed by atoms with Gasteiger partial charge in [0.1, 0.15) is 0 Å². The summed E-state index contributed by atoms with van der Waals surface area (Å²) in [6, 6.07) is 16.7. The maximum absolute atomic E-state index is 5.37. The number of ether oxygens (including phenoxy) is 2.